The molecule has 0 spiro atoms. The van der Waals surface area contributed by atoms with Gasteiger partial charge < -0.3 is 0 Å². The van der Waals surface area contributed by atoms with Crippen molar-refractivity contribution in [3.8, 4) is 0 Å². The highest BCUT2D eigenvalue weighted by Crippen LogP contribution is 2.09. The molecule has 0 aromatic heterocycles. The molecule has 0 atom stereocenters. The Bertz CT molecular complexity index is 319. The first kappa shape index (κ1) is 9.84. The Morgan fingerprint density at radius 2 is 2.00 bits per heavy atom. The van der Waals surface area contributed by atoms with E-state index in [-0.39, 0.29) is 11.6 Å². The maximum atomic E-state index is 13.0. The van der Waals surface area contributed by atoms with Crippen LogP contribution in [0.2, 0.25) is 0 Å². The summed E-state index contributed by atoms with van der Waals surface area (Å²) in [6.07, 6.45) is 1.35. The van der Waals surface area contributed by atoms with Crippen molar-refractivity contribution in [3.63, 3.8) is 0 Å². The highest BCUT2D eigenvalue weighted by Gasteiger charge is 2.04. The van der Waals surface area contributed by atoms with Crippen LogP contribution < -0.4 is 0 Å². The van der Waals surface area contributed by atoms with Gasteiger partial charge in [0.15, 0.2) is 11.6 Å². The Morgan fingerprint density at radius 1 is 1.31 bits per heavy atom. The van der Waals surface area contributed by atoms with E-state index in [1.807, 2.05) is 13.8 Å². The summed E-state index contributed by atoms with van der Waals surface area (Å²) in [5.41, 5.74) is 0.189. The third-order valence-electron chi connectivity index (χ3n) is 1.49. The largest absolute Gasteiger partial charge is 0.290 e. The van der Waals surface area contributed by atoms with Crippen LogP contribution in [0.4, 0.5) is 8.78 Å². The normalized spacial score (nSPS) is 11.5. The predicted octanol–water partition coefficient (Wildman–Crippen LogP) is 2.79. The van der Waals surface area contributed by atoms with E-state index >= 15 is 0 Å². The van der Waals surface area contributed by atoms with E-state index < -0.39 is 11.6 Å². The minimum absolute atomic E-state index is 0.0858. The van der Waals surface area contributed by atoms with E-state index in [4.69, 9.17) is 0 Å². The number of halogens is 2. The lowest BCUT2D eigenvalue weighted by molar-refractivity contribution is 0.507. The van der Waals surface area contributed by atoms with Crippen molar-refractivity contribution in [2.75, 3.05) is 0 Å². The molecule has 0 bridgehead atoms. The fraction of sp³-hybridized carbons (Fsp3) is 0.300. The van der Waals surface area contributed by atoms with Crippen molar-refractivity contribution in [2.24, 2.45) is 4.99 Å². The first-order valence-electron chi connectivity index (χ1n) is 4.08. The van der Waals surface area contributed by atoms with Gasteiger partial charge in [-0.2, -0.15) is 0 Å². The van der Waals surface area contributed by atoms with Gasteiger partial charge in [-0.3, -0.25) is 4.99 Å². The number of benzene rings is 1. The van der Waals surface area contributed by atoms with E-state index in [1.165, 1.54) is 18.3 Å². The lowest BCUT2D eigenvalue weighted by Gasteiger charge is -1.98. The first-order valence-corrected chi connectivity index (χ1v) is 4.08. The summed E-state index contributed by atoms with van der Waals surface area (Å²) in [5.74, 6) is -1.68. The molecule has 0 heterocycles. The zero-order valence-electron chi connectivity index (χ0n) is 7.59. The molecule has 0 aliphatic heterocycles. The molecule has 13 heavy (non-hydrogen) atoms. The van der Waals surface area contributed by atoms with Crippen molar-refractivity contribution in [3.05, 3.63) is 35.4 Å². The van der Waals surface area contributed by atoms with Gasteiger partial charge in [-0.15, -0.1) is 0 Å². The monoisotopic (exact) mass is 183 g/mol. The predicted molar refractivity (Wildman–Crippen MR) is 49.1 cm³/mol. The van der Waals surface area contributed by atoms with E-state index in [1.54, 1.807) is 0 Å². The second-order valence-electron chi connectivity index (χ2n) is 3.01. The average Bonchev–Trinajstić information content (AvgIpc) is 2.07. The molecule has 3 heteroatoms. The van der Waals surface area contributed by atoms with Gasteiger partial charge in [0.05, 0.1) is 0 Å². The van der Waals surface area contributed by atoms with E-state index in [2.05, 4.69) is 4.99 Å². The van der Waals surface area contributed by atoms with Crippen LogP contribution in [-0.2, 0) is 0 Å². The molecule has 0 saturated heterocycles. The summed E-state index contributed by atoms with van der Waals surface area (Å²) >= 11 is 0. The summed E-state index contributed by atoms with van der Waals surface area (Å²) in [6.45, 7) is 3.74. The Labute approximate surface area is 76.1 Å². The maximum Gasteiger partial charge on any atom is 0.167 e. The van der Waals surface area contributed by atoms with Crippen molar-refractivity contribution >= 4 is 6.21 Å². The minimum atomic E-state index is -0.841. The lowest BCUT2D eigenvalue weighted by Crippen LogP contribution is -1.95. The van der Waals surface area contributed by atoms with Crippen molar-refractivity contribution in [2.45, 2.75) is 19.9 Å². The van der Waals surface area contributed by atoms with Crippen LogP contribution in [0, 0.1) is 11.6 Å². The van der Waals surface area contributed by atoms with Crippen molar-refractivity contribution in [1.29, 1.82) is 0 Å². The number of rotatable bonds is 2. The Kier molecular flexibility index (Phi) is 3.12. The summed E-state index contributed by atoms with van der Waals surface area (Å²) < 4.78 is 25.7. The summed E-state index contributed by atoms with van der Waals surface area (Å²) in [4.78, 5) is 3.97. The molecule has 0 aliphatic rings. The average molecular weight is 183 g/mol. The molecule has 0 amide bonds. The van der Waals surface area contributed by atoms with Crippen LogP contribution in [0.5, 0.6) is 0 Å². The zero-order valence-corrected chi connectivity index (χ0v) is 7.59. The fourth-order valence-corrected chi connectivity index (χ4v) is 0.850. The molecular formula is C10H11F2N. The van der Waals surface area contributed by atoms with Gasteiger partial charge in [0.2, 0.25) is 0 Å². The van der Waals surface area contributed by atoms with Crippen LogP contribution in [0.3, 0.4) is 0 Å². The number of aliphatic imine (C=N–C) groups is 1. The standard InChI is InChI=1S/C10H11F2N/c1-7(2)13-6-8-4-3-5-9(11)10(8)12/h3-7H,1-2H3/b13-6+. The molecule has 0 saturated carbocycles. The van der Waals surface area contributed by atoms with Gasteiger partial charge in [-0.1, -0.05) is 12.1 Å². The molecule has 1 nitrogen and oxygen atoms in total. The van der Waals surface area contributed by atoms with Gasteiger partial charge >= 0.3 is 0 Å². The lowest BCUT2D eigenvalue weighted by atomic mass is 10.2. The summed E-state index contributed by atoms with van der Waals surface area (Å²) in [5, 5.41) is 0. The van der Waals surface area contributed by atoms with Crippen LogP contribution in [0.15, 0.2) is 23.2 Å². The number of nitrogens with zero attached hydrogens (tertiary/aromatic N) is 1. The molecule has 0 unspecified atom stereocenters. The SMILES string of the molecule is CC(C)/N=C/c1cccc(F)c1F. The molecule has 0 aliphatic carbocycles. The van der Waals surface area contributed by atoms with Crippen molar-refractivity contribution < 1.29 is 8.78 Å². The first-order chi connectivity index (χ1) is 6.11. The molecule has 0 fully saturated rings. The molecule has 1 rings (SSSR count). The Morgan fingerprint density at radius 3 is 2.62 bits per heavy atom. The van der Waals surface area contributed by atoms with Crippen molar-refractivity contribution in [1.82, 2.24) is 0 Å². The topological polar surface area (TPSA) is 12.4 Å². The second kappa shape index (κ2) is 4.12. The van der Waals surface area contributed by atoms with Gasteiger partial charge in [0.1, 0.15) is 0 Å². The van der Waals surface area contributed by atoms with Gasteiger partial charge in [-0.25, -0.2) is 8.78 Å². The van der Waals surface area contributed by atoms with Gasteiger partial charge in [0.25, 0.3) is 0 Å². The smallest absolute Gasteiger partial charge is 0.167 e. The number of hydrogen-bond acceptors (Lipinski definition) is 1. The second-order valence-corrected chi connectivity index (χ2v) is 3.01. The molecule has 70 valence electrons. The van der Waals surface area contributed by atoms with Gasteiger partial charge in [-0.05, 0) is 19.9 Å². The van der Waals surface area contributed by atoms with Crippen LogP contribution >= 0.6 is 0 Å². The molecule has 1 aromatic rings. The van der Waals surface area contributed by atoms with E-state index in [0.29, 0.717) is 0 Å². The Hall–Kier alpha value is -1.25. The quantitative estimate of drug-likeness (QED) is 0.625. The molecular weight excluding hydrogens is 172 g/mol. The zero-order chi connectivity index (χ0) is 9.84. The highest BCUT2D eigenvalue weighted by molar-refractivity contribution is 5.80. The van der Waals surface area contributed by atoms with Crippen LogP contribution in [0.25, 0.3) is 0 Å². The molecule has 0 radical (unpaired) electrons. The third kappa shape index (κ3) is 2.61. The number of hydrogen-bond donors (Lipinski definition) is 0. The molecule has 0 N–H and O–H groups in total. The van der Waals surface area contributed by atoms with Crippen LogP contribution in [0.1, 0.15) is 19.4 Å². The summed E-state index contributed by atoms with van der Waals surface area (Å²) in [7, 11) is 0. The highest BCUT2D eigenvalue weighted by atomic mass is 19.2. The summed E-state index contributed by atoms with van der Waals surface area (Å²) in [6, 6.07) is 4.12. The van der Waals surface area contributed by atoms with E-state index in [9.17, 15) is 8.78 Å². The van der Waals surface area contributed by atoms with E-state index in [0.717, 1.165) is 6.07 Å². The maximum absolute atomic E-state index is 13.0. The minimum Gasteiger partial charge on any atom is -0.290 e. The molecule has 1 aromatic carbocycles. The third-order valence-corrected chi connectivity index (χ3v) is 1.49. The van der Waals surface area contributed by atoms with Crippen LogP contribution in [-0.4, -0.2) is 12.3 Å². The van der Waals surface area contributed by atoms with Gasteiger partial charge in [0, 0.05) is 17.8 Å². The fourth-order valence-electron chi connectivity index (χ4n) is 0.850. The Balaban J connectivity index is 2.95.